The Morgan fingerprint density at radius 3 is 2.56 bits per heavy atom. The SMILES string of the molecule is O=C(Cc1nnnn1CCc1ccccc1)NC1CCCCCCC1. The van der Waals surface area contributed by atoms with Crippen LogP contribution >= 0.6 is 0 Å². The summed E-state index contributed by atoms with van der Waals surface area (Å²) in [7, 11) is 0. The number of nitrogens with zero attached hydrogens (tertiary/aromatic N) is 4. The zero-order valence-corrected chi connectivity index (χ0v) is 14.7. The minimum absolute atomic E-state index is 0.0290. The summed E-state index contributed by atoms with van der Waals surface area (Å²) in [6.07, 6.45) is 9.58. The standard InChI is InChI=1S/C19H27N5O/c25-19(20-17-11-7-2-1-3-8-12-17)15-18-21-22-23-24(18)14-13-16-9-5-4-6-10-16/h4-6,9-10,17H,1-3,7-8,11-15H2,(H,20,25). The van der Waals surface area contributed by atoms with Crippen molar-refractivity contribution in [3.05, 3.63) is 41.7 Å². The van der Waals surface area contributed by atoms with Crippen molar-refractivity contribution in [1.82, 2.24) is 25.5 Å². The van der Waals surface area contributed by atoms with E-state index in [2.05, 4.69) is 33.0 Å². The molecule has 0 aliphatic heterocycles. The van der Waals surface area contributed by atoms with Gasteiger partial charge in [-0.3, -0.25) is 4.79 Å². The number of hydrogen-bond donors (Lipinski definition) is 1. The first-order chi connectivity index (χ1) is 12.3. The predicted octanol–water partition coefficient (Wildman–Crippen LogP) is 2.69. The van der Waals surface area contributed by atoms with E-state index in [4.69, 9.17) is 0 Å². The molecule has 1 heterocycles. The number of amides is 1. The molecule has 6 heteroatoms. The largest absolute Gasteiger partial charge is 0.353 e. The Labute approximate surface area is 149 Å². The topological polar surface area (TPSA) is 72.7 Å². The average molecular weight is 341 g/mol. The van der Waals surface area contributed by atoms with E-state index in [0.29, 0.717) is 18.4 Å². The van der Waals surface area contributed by atoms with Crippen LogP contribution in [0.4, 0.5) is 0 Å². The van der Waals surface area contributed by atoms with Crippen LogP contribution < -0.4 is 5.32 Å². The maximum absolute atomic E-state index is 12.4. The third-order valence-corrected chi connectivity index (χ3v) is 4.85. The van der Waals surface area contributed by atoms with Crippen molar-refractivity contribution in [2.45, 2.75) is 70.4 Å². The Bertz CT molecular complexity index is 647. The van der Waals surface area contributed by atoms with Crippen molar-refractivity contribution in [1.29, 1.82) is 0 Å². The molecule has 0 unspecified atom stereocenters. The van der Waals surface area contributed by atoms with Crippen molar-refractivity contribution in [2.24, 2.45) is 0 Å². The Morgan fingerprint density at radius 1 is 1.08 bits per heavy atom. The van der Waals surface area contributed by atoms with Gasteiger partial charge in [0.05, 0.1) is 6.42 Å². The summed E-state index contributed by atoms with van der Waals surface area (Å²) < 4.78 is 1.74. The lowest BCUT2D eigenvalue weighted by atomic mass is 9.96. The molecule has 6 nitrogen and oxygen atoms in total. The van der Waals surface area contributed by atoms with E-state index in [1.165, 1.54) is 37.7 Å². The molecule has 3 rings (SSSR count). The summed E-state index contributed by atoms with van der Waals surface area (Å²) in [4.78, 5) is 12.4. The summed E-state index contributed by atoms with van der Waals surface area (Å²) in [6.45, 7) is 0.684. The van der Waals surface area contributed by atoms with Crippen LogP contribution in [-0.2, 0) is 24.2 Å². The number of carbonyl (C=O) groups excluding carboxylic acids is 1. The second-order valence-electron chi connectivity index (χ2n) is 6.84. The number of hydrogen-bond acceptors (Lipinski definition) is 4. The summed E-state index contributed by atoms with van der Waals surface area (Å²) in [5, 5.41) is 15.0. The van der Waals surface area contributed by atoms with Crippen LogP contribution in [-0.4, -0.2) is 32.2 Å². The fourth-order valence-electron chi connectivity index (χ4n) is 3.43. The van der Waals surface area contributed by atoms with Crippen molar-refractivity contribution >= 4 is 5.91 Å². The molecule has 0 spiro atoms. The number of rotatable bonds is 6. The molecule has 1 saturated carbocycles. The van der Waals surface area contributed by atoms with Gasteiger partial charge in [0.1, 0.15) is 0 Å². The molecule has 1 aliphatic rings. The number of nitrogens with one attached hydrogen (secondary N) is 1. The second kappa shape index (κ2) is 9.30. The zero-order valence-electron chi connectivity index (χ0n) is 14.7. The van der Waals surface area contributed by atoms with Crippen molar-refractivity contribution in [3.63, 3.8) is 0 Å². The van der Waals surface area contributed by atoms with Gasteiger partial charge < -0.3 is 5.32 Å². The third kappa shape index (κ3) is 5.66. The normalized spacial score (nSPS) is 16.2. The molecule has 1 fully saturated rings. The molecular weight excluding hydrogens is 314 g/mol. The van der Waals surface area contributed by atoms with E-state index in [1.807, 2.05) is 18.2 Å². The van der Waals surface area contributed by atoms with E-state index in [-0.39, 0.29) is 12.3 Å². The van der Waals surface area contributed by atoms with Gasteiger partial charge in [-0.15, -0.1) is 5.10 Å². The first-order valence-corrected chi connectivity index (χ1v) is 9.39. The van der Waals surface area contributed by atoms with Gasteiger partial charge >= 0.3 is 0 Å². The molecule has 1 aliphatic carbocycles. The highest BCUT2D eigenvalue weighted by atomic mass is 16.1. The number of aromatic nitrogens is 4. The summed E-state index contributed by atoms with van der Waals surface area (Å²) in [5.74, 6) is 0.667. The van der Waals surface area contributed by atoms with Gasteiger partial charge in [0, 0.05) is 12.6 Å². The van der Waals surface area contributed by atoms with Crippen LogP contribution in [0.5, 0.6) is 0 Å². The quantitative estimate of drug-likeness (QED) is 0.877. The zero-order chi connectivity index (χ0) is 17.3. The fraction of sp³-hybridized carbons (Fsp3) is 0.579. The average Bonchev–Trinajstić information content (AvgIpc) is 3.03. The molecule has 1 aromatic carbocycles. The first kappa shape index (κ1) is 17.6. The van der Waals surface area contributed by atoms with E-state index >= 15 is 0 Å². The number of benzene rings is 1. The maximum atomic E-state index is 12.4. The van der Waals surface area contributed by atoms with Gasteiger partial charge in [-0.2, -0.15) is 0 Å². The molecular formula is C19H27N5O. The summed E-state index contributed by atoms with van der Waals surface area (Å²) >= 11 is 0. The first-order valence-electron chi connectivity index (χ1n) is 9.39. The van der Waals surface area contributed by atoms with Crippen LogP contribution in [0.1, 0.15) is 56.3 Å². The molecule has 0 atom stereocenters. The third-order valence-electron chi connectivity index (χ3n) is 4.85. The van der Waals surface area contributed by atoms with Crippen LogP contribution in [0.25, 0.3) is 0 Å². The molecule has 1 aromatic heterocycles. The van der Waals surface area contributed by atoms with Gasteiger partial charge in [-0.05, 0) is 35.3 Å². The molecule has 0 saturated heterocycles. The van der Waals surface area contributed by atoms with Crippen LogP contribution in [0.3, 0.4) is 0 Å². The molecule has 0 bridgehead atoms. The lowest BCUT2D eigenvalue weighted by Gasteiger charge is -2.20. The van der Waals surface area contributed by atoms with E-state index in [0.717, 1.165) is 19.3 Å². The van der Waals surface area contributed by atoms with Crippen LogP contribution in [0.2, 0.25) is 0 Å². The van der Waals surface area contributed by atoms with E-state index < -0.39 is 0 Å². The molecule has 25 heavy (non-hydrogen) atoms. The molecule has 2 aromatic rings. The summed E-state index contributed by atoms with van der Waals surface area (Å²) in [5.41, 5.74) is 1.24. The number of carbonyl (C=O) groups is 1. The molecule has 1 N–H and O–H groups in total. The van der Waals surface area contributed by atoms with Gasteiger partial charge in [-0.25, -0.2) is 4.68 Å². The Balaban J connectivity index is 1.50. The highest BCUT2D eigenvalue weighted by molar-refractivity contribution is 5.78. The molecule has 0 radical (unpaired) electrons. The second-order valence-corrected chi connectivity index (χ2v) is 6.84. The van der Waals surface area contributed by atoms with Gasteiger partial charge in [-0.1, -0.05) is 62.4 Å². The van der Waals surface area contributed by atoms with Gasteiger partial charge in [0.15, 0.2) is 5.82 Å². The van der Waals surface area contributed by atoms with Gasteiger partial charge in [0.25, 0.3) is 0 Å². The Kier molecular flexibility index (Phi) is 6.54. The fourth-order valence-corrected chi connectivity index (χ4v) is 3.43. The Hall–Kier alpha value is -2.24. The van der Waals surface area contributed by atoms with Crippen molar-refractivity contribution in [3.8, 4) is 0 Å². The summed E-state index contributed by atoms with van der Waals surface area (Å²) in [6, 6.07) is 10.5. The van der Waals surface area contributed by atoms with E-state index in [9.17, 15) is 4.79 Å². The van der Waals surface area contributed by atoms with E-state index in [1.54, 1.807) is 4.68 Å². The van der Waals surface area contributed by atoms with Gasteiger partial charge in [0.2, 0.25) is 5.91 Å². The van der Waals surface area contributed by atoms with Crippen molar-refractivity contribution in [2.75, 3.05) is 0 Å². The monoisotopic (exact) mass is 341 g/mol. The van der Waals surface area contributed by atoms with Crippen molar-refractivity contribution < 1.29 is 4.79 Å². The smallest absolute Gasteiger partial charge is 0.227 e. The Morgan fingerprint density at radius 2 is 1.80 bits per heavy atom. The minimum Gasteiger partial charge on any atom is -0.353 e. The number of aryl methyl sites for hydroxylation is 2. The lowest BCUT2D eigenvalue weighted by molar-refractivity contribution is -0.121. The van der Waals surface area contributed by atoms with Crippen LogP contribution in [0.15, 0.2) is 30.3 Å². The molecule has 134 valence electrons. The highest BCUT2D eigenvalue weighted by Crippen LogP contribution is 2.17. The highest BCUT2D eigenvalue weighted by Gasteiger charge is 2.16. The minimum atomic E-state index is 0.0290. The predicted molar refractivity (Wildman–Crippen MR) is 95.9 cm³/mol. The lowest BCUT2D eigenvalue weighted by Crippen LogP contribution is -2.36. The van der Waals surface area contributed by atoms with Crippen LogP contribution in [0, 0.1) is 0 Å². The molecule has 1 amide bonds. The number of tetrazole rings is 1. The maximum Gasteiger partial charge on any atom is 0.227 e.